The molecule has 0 radical (unpaired) electrons. The van der Waals surface area contributed by atoms with Crippen molar-refractivity contribution in [2.75, 3.05) is 0 Å². The molecule has 0 amide bonds. The van der Waals surface area contributed by atoms with E-state index in [1.54, 1.807) is 11.1 Å². The van der Waals surface area contributed by atoms with Crippen LogP contribution in [0.2, 0.25) is 0 Å². The second-order valence-corrected chi connectivity index (χ2v) is 15.0. The molecule has 0 saturated heterocycles. The van der Waals surface area contributed by atoms with E-state index < -0.39 is 0 Å². The van der Waals surface area contributed by atoms with E-state index in [1.807, 2.05) is 0 Å². The third-order valence-electron chi connectivity index (χ3n) is 5.47. The largest absolute Gasteiger partial charge is 0.144 e. The van der Waals surface area contributed by atoms with Crippen LogP contribution < -0.4 is 0 Å². The Labute approximate surface area is 172 Å². The molecular weight excluding hydrogens is 352 g/mol. The molecular formula is C24H42S2. The Morgan fingerprint density at radius 2 is 0.808 bits per heavy atom. The maximum Gasteiger partial charge on any atom is 0.0391 e. The smallest absolute Gasteiger partial charge is 0.0391 e. The number of rotatable bonds is 1. The lowest BCUT2D eigenvalue weighted by Crippen LogP contribution is -2.29. The van der Waals surface area contributed by atoms with Gasteiger partial charge in [0.05, 0.1) is 0 Å². The van der Waals surface area contributed by atoms with Crippen LogP contribution in [-0.4, -0.2) is 21.0 Å². The quantitative estimate of drug-likeness (QED) is 0.413. The van der Waals surface area contributed by atoms with Crippen molar-refractivity contribution in [1.29, 1.82) is 0 Å². The van der Waals surface area contributed by atoms with E-state index in [0.29, 0.717) is 31.8 Å². The summed E-state index contributed by atoms with van der Waals surface area (Å²) in [4.78, 5) is 0. The van der Waals surface area contributed by atoms with E-state index in [9.17, 15) is 0 Å². The summed E-state index contributed by atoms with van der Waals surface area (Å²) in [6.07, 6.45) is 5.28. The fraction of sp³-hybridized carbons (Fsp3) is 0.833. The summed E-state index contributed by atoms with van der Waals surface area (Å²) in [5.74, 6) is 0. The maximum absolute atomic E-state index is 2.64. The van der Waals surface area contributed by atoms with Crippen LogP contribution >= 0.6 is 23.5 Å². The van der Waals surface area contributed by atoms with Crippen LogP contribution in [0.25, 0.3) is 0 Å². The molecule has 0 aromatic carbocycles. The topological polar surface area (TPSA) is 0 Å². The van der Waals surface area contributed by atoms with Crippen molar-refractivity contribution in [2.24, 2.45) is 21.7 Å². The van der Waals surface area contributed by atoms with Crippen molar-refractivity contribution in [3.05, 3.63) is 23.3 Å². The third-order valence-corrected chi connectivity index (χ3v) is 9.59. The molecule has 2 heterocycles. The minimum atomic E-state index is 0.253. The SMILES string of the molecule is CC(C)(C)C1=C[C@H]([C@@H]2C=C(C(C)(C)C)[C@@H](C(C)(C)C)S2)S[C@H]1C(C)(C)C. The fourth-order valence-electron chi connectivity index (χ4n) is 4.04. The van der Waals surface area contributed by atoms with Gasteiger partial charge >= 0.3 is 0 Å². The van der Waals surface area contributed by atoms with E-state index in [1.165, 1.54) is 0 Å². The Kier molecular flexibility index (Phi) is 5.97. The lowest BCUT2D eigenvalue weighted by atomic mass is 9.75. The van der Waals surface area contributed by atoms with Gasteiger partial charge in [0.1, 0.15) is 0 Å². The van der Waals surface area contributed by atoms with Gasteiger partial charge in [-0.25, -0.2) is 0 Å². The van der Waals surface area contributed by atoms with Crippen LogP contribution in [0, 0.1) is 21.7 Å². The van der Waals surface area contributed by atoms with Gasteiger partial charge in [0, 0.05) is 21.0 Å². The van der Waals surface area contributed by atoms with Gasteiger partial charge in [0.15, 0.2) is 0 Å². The molecule has 150 valence electrons. The number of hydrogen-bond donors (Lipinski definition) is 0. The fourth-order valence-corrected chi connectivity index (χ4v) is 7.95. The second-order valence-electron chi connectivity index (χ2n) is 12.4. The molecule has 2 heteroatoms. The highest BCUT2D eigenvalue weighted by atomic mass is 32.2. The van der Waals surface area contributed by atoms with E-state index in [2.05, 4.69) is 119 Å². The zero-order valence-corrected chi connectivity index (χ0v) is 20.9. The van der Waals surface area contributed by atoms with Crippen LogP contribution in [-0.2, 0) is 0 Å². The van der Waals surface area contributed by atoms with Crippen LogP contribution in [0.5, 0.6) is 0 Å². The lowest BCUT2D eigenvalue weighted by Gasteiger charge is -2.36. The summed E-state index contributed by atoms with van der Waals surface area (Å²) in [6.45, 7) is 28.7. The predicted molar refractivity (Wildman–Crippen MR) is 124 cm³/mol. The predicted octanol–water partition coefficient (Wildman–Crippen LogP) is 7.99. The zero-order valence-electron chi connectivity index (χ0n) is 19.3. The zero-order chi connectivity index (χ0) is 20.3. The Balaban J connectivity index is 2.37. The first-order valence-electron chi connectivity index (χ1n) is 10.2. The molecule has 2 aliphatic rings. The molecule has 26 heavy (non-hydrogen) atoms. The number of hydrogen-bond acceptors (Lipinski definition) is 2. The van der Waals surface area contributed by atoms with Gasteiger partial charge in [0.2, 0.25) is 0 Å². The van der Waals surface area contributed by atoms with Crippen molar-refractivity contribution in [2.45, 2.75) is 104 Å². The first-order valence-corrected chi connectivity index (χ1v) is 12.1. The summed E-state index contributed by atoms with van der Waals surface area (Å²) in [7, 11) is 0. The van der Waals surface area contributed by atoms with E-state index >= 15 is 0 Å². The Morgan fingerprint density at radius 1 is 0.538 bits per heavy atom. The first kappa shape index (κ1) is 22.5. The first-order chi connectivity index (χ1) is 11.4. The van der Waals surface area contributed by atoms with Crippen LogP contribution in [0.15, 0.2) is 23.3 Å². The molecule has 0 fully saturated rings. The highest BCUT2D eigenvalue weighted by molar-refractivity contribution is 8.05. The summed E-state index contributed by atoms with van der Waals surface area (Å²) in [6, 6.07) is 0. The summed E-state index contributed by atoms with van der Waals surface area (Å²) in [5, 5.41) is 2.44. The molecule has 0 bridgehead atoms. The van der Waals surface area contributed by atoms with Crippen LogP contribution in [0.1, 0.15) is 83.1 Å². The molecule has 2 aliphatic heterocycles. The van der Waals surface area contributed by atoms with E-state index in [0.717, 1.165) is 0 Å². The van der Waals surface area contributed by atoms with Crippen molar-refractivity contribution in [3.8, 4) is 0 Å². The normalized spacial score (nSPS) is 31.2. The van der Waals surface area contributed by atoms with Crippen molar-refractivity contribution < 1.29 is 0 Å². The lowest BCUT2D eigenvalue weighted by molar-refractivity contribution is 0.373. The second kappa shape index (κ2) is 6.90. The molecule has 0 spiro atoms. The molecule has 2 rings (SSSR count). The monoisotopic (exact) mass is 394 g/mol. The number of thioether (sulfide) groups is 2. The van der Waals surface area contributed by atoms with Crippen molar-refractivity contribution in [3.63, 3.8) is 0 Å². The molecule has 0 unspecified atom stereocenters. The van der Waals surface area contributed by atoms with Gasteiger partial charge in [0.25, 0.3) is 0 Å². The van der Waals surface area contributed by atoms with Crippen molar-refractivity contribution in [1.82, 2.24) is 0 Å². The molecule has 0 aliphatic carbocycles. The van der Waals surface area contributed by atoms with Gasteiger partial charge in [-0.05, 0) is 21.7 Å². The summed E-state index contributed by atoms with van der Waals surface area (Å²) in [5.41, 5.74) is 4.44. The van der Waals surface area contributed by atoms with Gasteiger partial charge in [-0.3, -0.25) is 0 Å². The van der Waals surface area contributed by atoms with Gasteiger partial charge < -0.3 is 0 Å². The molecule has 0 aromatic rings. The Bertz CT molecular complexity index is 528. The average molecular weight is 395 g/mol. The highest BCUT2D eigenvalue weighted by Gasteiger charge is 2.46. The van der Waals surface area contributed by atoms with E-state index in [-0.39, 0.29) is 10.8 Å². The van der Waals surface area contributed by atoms with Gasteiger partial charge in [-0.1, -0.05) is 106 Å². The Hall–Kier alpha value is 0.180. The van der Waals surface area contributed by atoms with Crippen LogP contribution in [0.4, 0.5) is 0 Å². The maximum atomic E-state index is 2.64. The molecule has 0 saturated carbocycles. The molecule has 0 nitrogen and oxygen atoms in total. The highest BCUT2D eigenvalue weighted by Crippen LogP contribution is 2.56. The molecule has 4 atom stereocenters. The van der Waals surface area contributed by atoms with Crippen molar-refractivity contribution >= 4 is 23.5 Å². The minimum absolute atomic E-state index is 0.253. The summed E-state index contributed by atoms with van der Waals surface area (Å²) >= 11 is 4.43. The van der Waals surface area contributed by atoms with Gasteiger partial charge in [-0.15, -0.1) is 23.5 Å². The van der Waals surface area contributed by atoms with Crippen LogP contribution in [0.3, 0.4) is 0 Å². The Morgan fingerprint density at radius 3 is 0.962 bits per heavy atom. The van der Waals surface area contributed by atoms with Gasteiger partial charge in [-0.2, -0.15) is 0 Å². The molecule has 0 N–H and O–H groups in total. The third kappa shape index (κ3) is 4.77. The standard InChI is InChI=1S/C24H42S2/c1-21(2,3)15-13-17(25-19(15)23(7,8)9)18-14-16(22(4,5)6)20(26-18)24(10,11)12/h13-14,17-20H,1-12H3/t17-,18+,19-,20+. The minimum Gasteiger partial charge on any atom is -0.144 e. The average Bonchev–Trinajstić information content (AvgIpc) is 3.00. The van der Waals surface area contributed by atoms with E-state index in [4.69, 9.17) is 0 Å². The molecule has 0 aromatic heterocycles. The summed E-state index contributed by atoms with van der Waals surface area (Å²) < 4.78 is 0.